The van der Waals surface area contributed by atoms with Crippen molar-refractivity contribution in [2.45, 2.75) is 44.2 Å². The summed E-state index contributed by atoms with van der Waals surface area (Å²) in [5, 5.41) is 21.7. The van der Waals surface area contributed by atoms with E-state index in [0.717, 1.165) is 12.8 Å². The number of rotatable bonds is 5. The number of carbonyl (C=O) groups is 1. The van der Waals surface area contributed by atoms with Crippen LogP contribution in [0, 0.1) is 42.4 Å². The summed E-state index contributed by atoms with van der Waals surface area (Å²) in [4.78, 5) is 20.5. The molecule has 1 aliphatic carbocycles. The van der Waals surface area contributed by atoms with E-state index in [1.807, 2.05) is 0 Å². The van der Waals surface area contributed by atoms with Crippen LogP contribution in [0.25, 0.3) is 0 Å². The zero-order valence-corrected chi connectivity index (χ0v) is 13.6. The summed E-state index contributed by atoms with van der Waals surface area (Å²) >= 11 is 1.20. The lowest BCUT2D eigenvalue weighted by atomic mass is 9.98. The van der Waals surface area contributed by atoms with Crippen molar-refractivity contribution in [2.75, 3.05) is 5.75 Å². The van der Waals surface area contributed by atoms with E-state index >= 15 is 0 Å². The first-order valence-corrected chi connectivity index (χ1v) is 7.98. The van der Waals surface area contributed by atoms with Gasteiger partial charge in [-0.15, -0.1) is 0 Å². The second-order valence-electron chi connectivity index (χ2n) is 5.57. The number of nitrogens with zero attached hydrogens (tertiary/aromatic N) is 4. The molecule has 1 amide bonds. The van der Waals surface area contributed by atoms with Gasteiger partial charge in [-0.25, -0.2) is 9.97 Å². The number of thioether (sulfide) groups is 1. The third kappa shape index (κ3) is 3.55. The van der Waals surface area contributed by atoms with Gasteiger partial charge in [0.1, 0.15) is 28.0 Å². The summed E-state index contributed by atoms with van der Waals surface area (Å²) in [6.07, 6.45) is 1.95. The van der Waals surface area contributed by atoms with Gasteiger partial charge < -0.3 is 5.32 Å². The smallest absolute Gasteiger partial charge is 0.231 e. The molecule has 0 aromatic carbocycles. The van der Waals surface area contributed by atoms with Crippen molar-refractivity contribution in [3.63, 3.8) is 0 Å². The average molecular weight is 315 g/mol. The molecule has 7 heteroatoms. The van der Waals surface area contributed by atoms with E-state index in [0.29, 0.717) is 22.1 Å². The highest BCUT2D eigenvalue weighted by atomic mass is 32.2. The first kappa shape index (κ1) is 16.3. The molecular weight excluding hydrogens is 298 g/mol. The Labute approximate surface area is 133 Å². The predicted molar refractivity (Wildman–Crippen MR) is 81.8 cm³/mol. The molecular formula is C15H17N5OS. The molecule has 0 radical (unpaired) electrons. The molecule has 0 spiro atoms. The molecule has 1 atom stereocenters. The van der Waals surface area contributed by atoms with Crippen LogP contribution in [0.1, 0.15) is 36.8 Å². The lowest BCUT2D eigenvalue weighted by molar-refractivity contribution is -0.119. The van der Waals surface area contributed by atoms with Crippen LogP contribution in [0.2, 0.25) is 0 Å². The van der Waals surface area contributed by atoms with Crippen molar-refractivity contribution in [1.82, 2.24) is 15.3 Å². The third-order valence-corrected chi connectivity index (χ3v) is 4.62. The van der Waals surface area contributed by atoms with Gasteiger partial charge in [0.25, 0.3) is 0 Å². The maximum atomic E-state index is 12.1. The molecule has 1 N–H and O–H groups in total. The fourth-order valence-electron chi connectivity index (χ4n) is 2.26. The maximum Gasteiger partial charge on any atom is 0.231 e. The highest BCUT2D eigenvalue weighted by Crippen LogP contribution is 2.39. The Hall–Kier alpha value is -2.12. The Morgan fingerprint density at radius 2 is 2.09 bits per heavy atom. The van der Waals surface area contributed by atoms with Gasteiger partial charge in [0.15, 0.2) is 0 Å². The van der Waals surface area contributed by atoms with Crippen LogP contribution >= 0.6 is 11.8 Å². The van der Waals surface area contributed by atoms with Gasteiger partial charge in [-0.2, -0.15) is 10.5 Å². The van der Waals surface area contributed by atoms with E-state index in [2.05, 4.69) is 27.4 Å². The fraction of sp³-hybridized carbons (Fsp3) is 0.533. The summed E-state index contributed by atoms with van der Waals surface area (Å²) in [6.45, 7) is 5.25. The highest BCUT2D eigenvalue weighted by molar-refractivity contribution is 8.00. The van der Waals surface area contributed by atoms with Gasteiger partial charge in [-0.05, 0) is 39.5 Å². The molecule has 1 aromatic heterocycles. The number of nitriles is 2. The minimum atomic E-state index is -0.798. The van der Waals surface area contributed by atoms with E-state index in [4.69, 9.17) is 0 Å². The lowest BCUT2D eigenvalue weighted by Gasteiger charge is -2.22. The van der Waals surface area contributed by atoms with Crippen molar-refractivity contribution < 1.29 is 4.79 Å². The minimum Gasteiger partial charge on any atom is -0.337 e. The van der Waals surface area contributed by atoms with Crippen molar-refractivity contribution in [3.8, 4) is 12.1 Å². The Bertz CT molecular complexity index is 686. The topological polar surface area (TPSA) is 102 Å². The molecule has 2 rings (SSSR count). The molecule has 22 heavy (non-hydrogen) atoms. The Kier molecular flexibility index (Phi) is 4.68. The van der Waals surface area contributed by atoms with Crippen molar-refractivity contribution in [1.29, 1.82) is 10.5 Å². The Balaban J connectivity index is 2.03. The van der Waals surface area contributed by atoms with E-state index in [1.165, 1.54) is 11.8 Å². The Morgan fingerprint density at radius 3 is 2.64 bits per heavy atom. The molecule has 1 saturated carbocycles. The van der Waals surface area contributed by atoms with E-state index in [-0.39, 0.29) is 17.6 Å². The van der Waals surface area contributed by atoms with E-state index < -0.39 is 5.54 Å². The normalized spacial score (nSPS) is 16.2. The monoisotopic (exact) mass is 315 g/mol. The molecule has 1 fully saturated rings. The number of nitrogens with one attached hydrogen (secondary N) is 1. The van der Waals surface area contributed by atoms with Gasteiger partial charge in [-0.3, -0.25) is 4.79 Å². The molecule has 1 unspecified atom stereocenters. The first-order valence-electron chi connectivity index (χ1n) is 7.00. The zero-order chi connectivity index (χ0) is 16.3. The molecule has 0 bridgehead atoms. The van der Waals surface area contributed by atoms with Crippen LogP contribution < -0.4 is 5.32 Å². The quantitative estimate of drug-likeness (QED) is 0.657. The summed E-state index contributed by atoms with van der Waals surface area (Å²) in [5.74, 6) is 0.705. The second-order valence-corrected chi connectivity index (χ2v) is 6.54. The molecule has 1 aliphatic rings. The predicted octanol–water partition coefficient (Wildman–Crippen LogP) is 1.87. The van der Waals surface area contributed by atoms with Crippen molar-refractivity contribution >= 4 is 17.7 Å². The number of aromatic nitrogens is 2. The van der Waals surface area contributed by atoms with Crippen molar-refractivity contribution in [3.05, 3.63) is 17.1 Å². The van der Waals surface area contributed by atoms with Crippen LogP contribution in [0.5, 0.6) is 0 Å². The second kappa shape index (κ2) is 6.33. The largest absolute Gasteiger partial charge is 0.337 e. The molecule has 0 saturated heterocycles. The number of hydrogen-bond donors (Lipinski definition) is 1. The van der Waals surface area contributed by atoms with Gasteiger partial charge >= 0.3 is 0 Å². The van der Waals surface area contributed by atoms with Crippen LogP contribution in [0.3, 0.4) is 0 Å². The number of hydrogen-bond acceptors (Lipinski definition) is 6. The Morgan fingerprint density at radius 1 is 1.41 bits per heavy atom. The summed E-state index contributed by atoms with van der Waals surface area (Å²) in [5.41, 5.74) is 0.208. The molecule has 1 heterocycles. The lowest BCUT2D eigenvalue weighted by Crippen LogP contribution is -2.47. The van der Waals surface area contributed by atoms with Crippen LogP contribution in [-0.2, 0) is 4.79 Å². The summed E-state index contributed by atoms with van der Waals surface area (Å²) in [6, 6.07) is 4.26. The first-order chi connectivity index (χ1) is 10.4. The van der Waals surface area contributed by atoms with Gasteiger partial charge in [0, 0.05) is 0 Å². The molecule has 1 aromatic rings. The van der Waals surface area contributed by atoms with Gasteiger partial charge in [-0.1, -0.05) is 11.8 Å². The van der Waals surface area contributed by atoms with E-state index in [9.17, 15) is 15.3 Å². The average Bonchev–Trinajstić information content (AvgIpc) is 3.29. The minimum absolute atomic E-state index is 0.120. The van der Waals surface area contributed by atoms with Crippen LogP contribution in [0.4, 0.5) is 0 Å². The molecule has 0 aliphatic heterocycles. The van der Waals surface area contributed by atoms with Crippen LogP contribution in [0.15, 0.2) is 5.03 Å². The fourth-order valence-corrected chi connectivity index (χ4v) is 3.13. The summed E-state index contributed by atoms with van der Waals surface area (Å²) in [7, 11) is 0. The van der Waals surface area contributed by atoms with Gasteiger partial charge in [0.2, 0.25) is 5.91 Å². The maximum absolute atomic E-state index is 12.1. The third-order valence-electron chi connectivity index (χ3n) is 3.65. The van der Waals surface area contributed by atoms with E-state index in [1.54, 1.807) is 20.8 Å². The number of amides is 1. The number of carbonyl (C=O) groups excluding carboxylic acids is 1. The van der Waals surface area contributed by atoms with Crippen molar-refractivity contribution in [2.24, 2.45) is 5.92 Å². The molecule has 114 valence electrons. The standard InChI is InChI=1S/C15H17N5OS/c1-9-12(6-16)14(19-10(2)18-9)22-7-13(21)20-15(3,8-17)11-4-5-11/h11H,4-5,7H2,1-3H3,(H,20,21). The highest BCUT2D eigenvalue weighted by Gasteiger charge is 2.42. The molecule has 6 nitrogen and oxygen atoms in total. The van der Waals surface area contributed by atoms with Gasteiger partial charge in [0.05, 0.1) is 17.5 Å². The zero-order valence-electron chi connectivity index (χ0n) is 12.8. The SMILES string of the molecule is Cc1nc(C)c(C#N)c(SCC(=O)NC(C)(C#N)C2CC2)n1. The summed E-state index contributed by atoms with van der Waals surface area (Å²) < 4.78 is 0. The van der Waals surface area contributed by atoms with Crippen LogP contribution in [-0.4, -0.2) is 27.2 Å². The number of aryl methyl sites for hydroxylation is 2.